The summed E-state index contributed by atoms with van der Waals surface area (Å²) in [6.07, 6.45) is 0. The van der Waals surface area contributed by atoms with Gasteiger partial charge in [0.05, 0.1) is 0 Å². The number of hydrogen-bond donors (Lipinski definition) is 0. The minimum Gasteiger partial charge on any atom is -0.339 e. The van der Waals surface area contributed by atoms with Crippen molar-refractivity contribution in [2.45, 2.75) is 25.9 Å². The Morgan fingerprint density at radius 3 is 2.53 bits per heavy atom. The van der Waals surface area contributed by atoms with Gasteiger partial charge in [-0.25, -0.2) is 0 Å². The molecule has 1 aromatic rings. The Labute approximate surface area is 120 Å². The molecule has 0 aromatic heterocycles. The van der Waals surface area contributed by atoms with Crippen LogP contribution in [0.25, 0.3) is 0 Å². The summed E-state index contributed by atoms with van der Waals surface area (Å²) < 4.78 is 0. The first-order valence-electron chi connectivity index (χ1n) is 6.65. The van der Waals surface area contributed by atoms with E-state index in [0.717, 1.165) is 26.2 Å². The van der Waals surface area contributed by atoms with Crippen molar-refractivity contribution in [2.24, 2.45) is 0 Å². The Morgan fingerprint density at radius 2 is 1.95 bits per heavy atom. The van der Waals surface area contributed by atoms with Crippen LogP contribution in [0.4, 0.5) is 0 Å². The summed E-state index contributed by atoms with van der Waals surface area (Å²) in [5.41, 5.74) is 1.29. The molecule has 4 heteroatoms. The lowest BCUT2D eigenvalue weighted by molar-refractivity contribution is -0.133. The van der Waals surface area contributed by atoms with Gasteiger partial charge in [0.15, 0.2) is 0 Å². The quantitative estimate of drug-likeness (QED) is 0.794. The van der Waals surface area contributed by atoms with Crippen LogP contribution in [0.1, 0.15) is 19.4 Å². The summed E-state index contributed by atoms with van der Waals surface area (Å²) in [4.78, 5) is 16.0. The van der Waals surface area contributed by atoms with Crippen LogP contribution in [0.2, 0.25) is 0 Å². The van der Waals surface area contributed by atoms with E-state index in [1.165, 1.54) is 5.56 Å². The number of carbonyl (C=O) groups is 1. The zero-order valence-electron chi connectivity index (χ0n) is 11.6. The first kappa shape index (κ1) is 14.4. The molecule has 0 bridgehead atoms. The SMILES string of the molecule is CC1(C)CN(C(=O)CCl)CCN1Cc1ccccc1. The third-order valence-electron chi connectivity index (χ3n) is 3.76. The molecule has 1 aromatic carbocycles. The van der Waals surface area contributed by atoms with E-state index in [9.17, 15) is 4.79 Å². The second-order valence-corrected chi connectivity index (χ2v) is 5.94. The maximum absolute atomic E-state index is 11.7. The number of piperazine rings is 1. The number of hydrogen-bond acceptors (Lipinski definition) is 2. The van der Waals surface area contributed by atoms with Crippen LogP contribution in [0, 0.1) is 0 Å². The smallest absolute Gasteiger partial charge is 0.237 e. The highest BCUT2D eigenvalue weighted by molar-refractivity contribution is 6.27. The third-order valence-corrected chi connectivity index (χ3v) is 3.99. The van der Waals surface area contributed by atoms with Crippen LogP contribution >= 0.6 is 11.6 Å². The van der Waals surface area contributed by atoms with Crippen molar-refractivity contribution in [1.82, 2.24) is 9.80 Å². The van der Waals surface area contributed by atoms with Crippen molar-refractivity contribution >= 4 is 17.5 Å². The van der Waals surface area contributed by atoms with E-state index in [1.54, 1.807) is 0 Å². The van der Waals surface area contributed by atoms with E-state index in [1.807, 2.05) is 11.0 Å². The highest BCUT2D eigenvalue weighted by Gasteiger charge is 2.34. The van der Waals surface area contributed by atoms with Gasteiger partial charge in [-0.1, -0.05) is 30.3 Å². The second-order valence-electron chi connectivity index (χ2n) is 5.67. The summed E-state index contributed by atoms with van der Waals surface area (Å²) in [5.74, 6) is 0.114. The maximum Gasteiger partial charge on any atom is 0.237 e. The van der Waals surface area contributed by atoms with Crippen molar-refractivity contribution in [3.05, 3.63) is 35.9 Å². The maximum atomic E-state index is 11.7. The first-order chi connectivity index (χ1) is 9.03. The number of benzene rings is 1. The van der Waals surface area contributed by atoms with E-state index in [4.69, 9.17) is 11.6 Å². The van der Waals surface area contributed by atoms with E-state index in [0.29, 0.717) is 0 Å². The number of amides is 1. The number of alkyl halides is 1. The highest BCUT2D eigenvalue weighted by Crippen LogP contribution is 2.23. The molecule has 1 saturated heterocycles. The van der Waals surface area contributed by atoms with Gasteiger partial charge in [0.25, 0.3) is 0 Å². The summed E-state index contributed by atoms with van der Waals surface area (Å²) in [7, 11) is 0. The summed E-state index contributed by atoms with van der Waals surface area (Å²) in [6.45, 7) is 7.70. The van der Waals surface area contributed by atoms with E-state index in [2.05, 4.69) is 43.0 Å². The Kier molecular flexibility index (Phi) is 4.48. The van der Waals surface area contributed by atoms with Crippen LogP contribution in [0.5, 0.6) is 0 Å². The van der Waals surface area contributed by atoms with Crippen LogP contribution < -0.4 is 0 Å². The Bertz CT molecular complexity index is 433. The lowest BCUT2D eigenvalue weighted by atomic mass is 9.97. The van der Waals surface area contributed by atoms with Crippen molar-refractivity contribution < 1.29 is 4.79 Å². The minimum absolute atomic E-state index is 0.0180. The van der Waals surface area contributed by atoms with E-state index >= 15 is 0 Å². The molecular weight excluding hydrogens is 260 g/mol. The zero-order chi connectivity index (χ0) is 13.9. The molecule has 1 aliphatic heterocycles. The largest absolute Gasteiger partial charge is 0.339 e. The van der Waals surface area contributed by atoms with Gasteiger partial charge in [0.1, 0.15) is 5.88 Å². The molecule has 1 heterocycles. The predicted molar refractivity (Wildman–Crippen MR) is 78.2 cm³/mol. The Hall–Kier alpha value is -1.06. The average Bonchev–Trinajstić information content (AvgIpc) is 2.41. The third kappa shape index (κ3) is 3.48. The van der Waals surface area contributed by atoms with Gasteiger partial charge in [-0.15, -0.1) is 11.6 Å². The van der Waals surface area contributed by atoms with Crippen LogP contribution in [-0.2, 0) is 11.3 Å². The molecule has 0 aliphatic carbocycles. The number of carbonyl (C=O) groups excluding carboxylic acids is 1. The van der Waals surface area contributed by atoms with Crippen molar-refractivity contribution in [2.75, 3.05) is 25.5 Å². The average molecular weight is 281 g/mol. The zero-order valence-corrected chi connectivity index (χ0v) is 12.4. The van der Waals surface area contributed by atoms with Gasteiger partial charge in [-0.2, -0.15) is 0 Å². The summed E-state index contributed by atoms with van der Waals surface area (Å²) in [6, 6.07) is 10.5. The molecule has 2 rings (SSSR count). The Balaban J connectivity index is 2.02. The normalized spacial score (nSPS) is 19.4. The lowest BCUT2D eigenvalue weighted by Crippen LogP contribution is -2.60. The van der Waals surface area contributed by atoms with E-state index in [-0.39, 0.29) is 17.3 Å². The molecule has 0 radical (unpaired) electrons. The fraction of sp³-hybridized carbons (Fsp3) is 0.533. The molecule has 104 valence electrons. The number of rotatable bonds is 3. The lowest BCUT2D eigenvalue weighted by Gasteiger charge is -2.47. The molecule has 0 N–H and O–H groups in total. The van der Waals surface area contributed by atoms with Crippen LogP contribution in [0.3, 0.4) is 0 Å². The van der Waals surface area contributed by atoms with Gasteiger partial charge in [0.2, 0.25) is 5.91 Å². The fourth-order valence-corrected chi connectivity index (χ4v) is 2.75. The molecule has 3 nitrogen and oxygen atoms in total. The van der Waals surface area contributed by atoms with Crippen molar-refractivity contribution in [1.29, 1.82) is 0 Å². The van der Waals surface area contributed by atoms with Crippen molar-refractivity contribution in [3.63, 3.8) is 0 Å². The van der Waals surface area contributed by atoms with Gasteiger partial charge < -0.3 is 4.90 Å². The first-order valence-corrected chi connectivity index (χ1v) is 7.19. The van der Waals surface area contributed by atoms with Gasteiger partial charge in [0, 0.05) is 31.7 Å². The topological polar surface area (TPSA) is 23.6 Å². The molecule has 1 aliphatic rings. The minimum atomic E-state index is -0.0180. The summed E-state index contributed by atoms with van der Waals surface area (Å²) >= 11 is 5.64. The van der Waals surface area contributed by atoms with Crippen molar-refractivity contribution in [3.8, 4) is 0 Å². The molecular formula is C15H21ClN2O. The standard InChI is InChI=1S/C15H21ClN2O/c1-15(2)12-17(14(19)10-16)8-9-18(15)11-13-6-4-3-5-7-13/h3-7H,8-12H2,1-2H3. The second kappa shape index (κ2) is 5.93. The molecule has 0 spiro atoms. The van der Waals surface area contributed by atoms with Crippen LogP contribution in [0.15, 0.2) is 30.3 Å². The van der Waals surface area contributed by atoms with E-state index < -0.39 is 0 Å². The predicted octanol–water partition coefficient (Wildman–Crippen LogP) is 2.35. The monoisotopic (exact) mass is 280 g/mol. The molecule has 0 saturated carbocycles. The van der Waals surface area contributed by atoms with Gasteiger partial charge >= 0.3 is 0 Å². The van der Waals surface area contributed by atoms with Gasteiger partial charge in [-0.3, -0.25) is 9.69 Å². The summed E-state index contributed by atoms with van der Waals surface area (Å²) in [5, 5.41) is 0. The highest BCUT2D eigenvalue weighted by atomic mass is 35.5. The molecule has 0 unspecified atom stereocenters. The molecule has 1 fully saturated rings. The number of halogens is 1. The number of nitrogens with zero attached hydrogens (tertiary/aromatic N) is 2. The van der Waals surface area contributed by atoms with Gasteiger partial charge in [-0.05, 0) is 19.4 Å². The molecule has 19 heavy (non-hydrogen) atoms. The molecule has 1 amide bonds. The Morgan fingerprint density at radius 1 is 1.26 bits per heavy atom. The van der Waals surface area contributed by atoms with Crippen LogP contribution in [-0.4, -0.2) is 46.8 Å². The molecule has 0 atom stereocenters. The fourth-order valence-electron chi connectivity index (χ4n) is 2.58.